The van der Waals surface area contributed by atoms with Gasteiger partial charge in [0, 0.05) is 36.6 Å². The van der Waals surface area contributed by atoms with Gasteiger partial charge < -0.3 is 36.5 Å². The van der Waals surface area contributed by atoms with Crippen LogP contribution < -0.4 is 22.1 Å². The molecular formula is C37H37N7O9S. The summed E-state index contributed by atoms with van der Waals surface area (Å²) >= 11 is 1.20. The van der Waals surface area contributed by atoms with E-state index in [1.807, 2.05) is 12.1 Å². The van der Waals surface area contributed by atoms with Gasteiger partial charge in [0.15, 0.2) is 6.10 Å². The average molecular weight is 756 g/mol. The summed E-state index contributed by atoms with van der Waals surface area (Å²) < 4.78 is 11.1. The van der Waals surface area contributed by atoms with E-state index >= 15 is 0 Å². The number of hydrogen-bond donors (Lipinski definition) is 4. The van der Waals surface area contributed by atoms with Crippen LogP contribution in [0, 0.1) is 0 Å². The van der Waals surface area contributed by atoms with E-state index in [1.54, 1.807) is 55.5 Å². The number of ether oxygens (including phenoxy) is 2. The van der Waals surface area contributed by atoms with Gasteiger partial charge in [0.05, 0.1) is 0 Å². The van der Waals surface area contributed by atoms with Gasteiger partial charge in [-0.15, -0.1) is 11.8 Å². The number of rotatable bonds is 11. The number of carbonyl (C=O) groups is 7. The molecular weight excluding hydrogens is 719 g/mol. The maximum absolute atomic E-state index is 14.1. The number of fused-ring (bicyclic) bond motifs is 1. The Hall–Kier alpha value is -6.36. The number of nitrogens with two attached hydrogens (primary N) is 2. The van der Waals surface area contributed by atoms with Crippen LogP contribution in [-0.4, -0.2) is 99.8 Å². The van der Waals surface area contributed by atoms with Crippen molar-refractivity contribution in [1.29, 1.82) is 0 Å². The van der Waals surface area contributed by atoms with E-state index < -0.39 is 65.3 Å². The van der Waals surface area contributed by atoms with Crippen molar-refractivity contribution in [3.63, 3.8) is 0 Å². The molecule has 0 unspecified atom stereocenters. The number of carbonyl (C=O) groups excluding carboxylic acids is 7. The molecule has 3 aromatic carbocycles. The Labute approximate surface area is 313 Å². The SMILES string of the molecule is CCN1CCN(C(=O)N[C@@H](C(=O)N[C@@H]2C(=O)N3C(C(=O)OC(c4ccccc4)c4ccccc4)=C(COC(N)=O)CS[C@@H]23)c2ccc(N)cc2)C(=O)C1=O. The van der Waals surface area contributed by atoms with Crippen molar-refractivity contribution in [3.8, 4) is 0 Å². The summed E-state index contributed by atoms with van der Waals surface area (Å²) in [4.78, 5) is 95.3. The third-order valence-electron chi connectivity index (χ3n) is 9.09. The first kappa shape index (κ1) is 37.4. The van der Waals surface area contributed by atoms with Crippen LogP contribution in [0.15, 0.2) is 96.2 Å². The lowest BCUT2D eigenvalue weighted by atomic mass is 10.00. The highest BCUT2D eigenvalue weighted by Gasteiger charge is 2.55. The number of hydrogen-bond acceptors (Lipinski definition) is 11. The third kappa shape index (κ3) is 7.71. The van der Waals surface area contributed by atoms with Gasteiger partial charge in [-0.05, 0) is 35.7 Å². The molecule has 2 fully saturated rings. The van der Waals surface area contributed by atoms with Gasteiger partial charge in [0.1, 0.15) is 29.8 Å². The number of nitrogens with one attached hydrogen (secondary N) is 2. The summed E-state index contributed by atoms with van der Waals surface area (Å²) in [7, 11) is 0. The second-order valence-corrected chi connectivity index (χ2v) is 13.6. The maximum atomic E-state index is 14.1. The number of primary amides is 1. The van der Waals surface area contributed by atoms with Crippen LogP contribution in [0.2, 0.25) is 0 Å². The summed E-state index contributed by atoms with van der Waals surface area (Å²) in [6.45, 7) is 1.65. The zero-order chi connectivity index (χ0) is 38.5. The molecule has 280 valence electrons. The number of piperazine rings is 1. The van der Waals surface area contributed by atoms with Crippen LogP contribution in [0.5, 0.6) is 0 Å². The number of likely N-dealkylation sites (N-methyl/N-ethyl adjacent to an activating group) is 1. The van der Waals surface area contributed by atoms with Gasteiger partial charge in [0.25, 0.3) is 5.91 Å². The number of nitrogens with zero attached hydrogens (tertiary/aromatic N) is 3. The summed E-state index contributed by atoms with van der Waals surface area (Å²) in [5.41, 5.74) is 13.2. The molecule has 2 saturated heterocycles. The molecule has 16 nitrogen and oxygen atoms in total. The van der Waals surface area contributed by atoms with E-state index in [0.29, 0.717) is 16.8 Å². The van der Waals surface area contributed by atoms with Gasteiger partial charge in [0.2, 0.25) is 5.91 Å². The Balaban J connectivity index is 1.24. The van der Waals surface area contributed by atoms with Crippen molar-refractivity contribution in [2.45, 2.75) is 30.5 Å². The highest BCUT2D eigenvalue weighted by molar-refractivity contribution is 8.00. The van der Waals surface area contributed by atoms with E-state index in [9.17, 15) is 33.6 Å². The predicted octanol–water partition coefficient (Wildman–Crippen LogP) is 1.79. The van der Waals surface area contributed by atoms with Crippen LogP contribution in [-0.2, 0) is 33.4 Å². The first-order valence-corrected chi connectivity index (χ1v) is 18.0. The van der Waals surface area contributed by atoms with Gasteiger partial charge in [-0.1, -0.05) is 72.8 Å². The van der Waals surface area contributed by atoms with E-state index in [1.165, 1.54) is 45.8 Å². The predicted molar refractivity (Wildman–Crippen MR) is 194 cm³/mol. The standard InChI is InChI=1S/C37H37N7O9S/c1-2-42-17-18-43(33(48)32(42)47)37(51)41-26(21-13-15-25(38)16-14-21)30(45)40-27-31(46)44-28(24(19-52-36(39)50)20-54-34(27)44)35(49)53-29(22-9-5-3-6-10-22)23-11-7-4-8-12-23/h3-16,26-27,29,34H,2,17-20,38H2,1H3,(H2,39,50)(H,40,45)(H,41,51)/t26-,27-,34+/m1/s1. The number of imide groups is 1. The Morgan fingerprint density at radius 1 is 0.870 bits per heavy atom. The Morgan fingerprint density at radius 3 is 2.09 bits per heavy atom. The zero-order valence-corrected chi connectivity index (χ0v) is 29.8. The van der Waals surface area contributed by atoms with Crippen molar-refractivity contribution in [3.05, 3.63) is 113 Å². The number of β-lactam (4-membered cyclic amide) rings is 1. The molecule has 7 amide bonds. The molecule has 0 radical (unpaired) electrons. The molecule has 54 heavy (non-hydrogen) atoms. The molecule has 0 aromatic heterocycles. The smallest absolute Gasteiger partial charge is 0.404 e. The first-order chi connectivity index (χ1) is 26.0. The summed E-state index contributed by atoms with van der Waals surface area (Å²) in [6.07, 6.45) is -1.94. The number of amides is 7. The number of esters is 1. The number of nitrogen functional groups attached to an aromatic ring is 1. The van der Waals surface area contributed by atoms with E-state index in [4.69, 9.17) is 20.9 Å². The van der Waals surface area contributed by atoms with Crippen LogP contribution in [0.1, 0.15) is 35.8 Å². The molecule has 6 N–H and O–H groups in total. The molecule has 0 bridgehead atoms. The van der Waals surface area contributed by atoms with Gasteiger partial charge in [-0.3, -0.25) is 29.0 Å². The number of benzene rings is 3. The molecule has 0 saturated carbocycles. The number of anilines is 1. The second-order valence-electron chi connectivity index (χ2n) is 12.5. The van der Waals surface area contributed by atoms with Gasteiger partial charge >= 0.3 is 29.9 Å². The van der Waals surface area contributed by atoms with Crippen molar-refractivity contribution < 1.29 is 43.0 Å². The fraction of sp³-hybridized carbons (Fsp3) is 0.270. The van der Waals surface area contributed by atoms with E-state index in [2.05, 4.69) is 10.6 Å². The van der Waals surface area contributed by atoms with Crippen LogP contribution in [0.3, 0.4) is 0 Å². The van der Waals surface area contributed by atoms with Crippen molar-refractivity contribution >= 4 is 59.2 Å². The monoisotopic (exact) mass is 755 g/mol. The molecule has 3 atom stereocenters. The number of thioether (sulfide) groups is 1. The zero-order valence-electron chi connectivity index (χ0n) is 29.0. The number of urea groups is 1. The van der Waals surface area contributed by atoms with Crippen LogP contribution in [0.25, 0.3) is 0 Å². The van der Waals surface area contributed by atoms with Gasteiger partial charge in [-0.2, -0.15) is 0 Å². The van der Waals surface area contributed by atoms with Crippen LogP contribution in [0.4, 0.5) is 15.3 Å². The Kier molecular flexibility index (Phi) is 11.2. The lowest BCUT2D eigenvalue weighted by Crippen LogP contribution is -2.71. The summed E-state index contributed by atoms with van der Waals surface area (Å²) in [5, 5.41) is 4.42. The lowest BCUT2D eigenvalue weighted by Gasteiger charge is -2.50. The largest absolute Gasteiger partial charge is 0.448 e. The van der Waals surface area contributed by atoms with E-state index in [-0.39, 0.29) is 48.8 Å². The topological polar surface area (TPSA) is 224 Å². The minimum atomic E-state index is -1.42. The Bertz CT molecular complexity index is 1960. The van der Waals surface area contributed by atoms with Crippen LogP contribution >= 0.6 is 11.8 Å². The third-order valence-corrected chi connectivity index (χ3v) is 10.4. The Morgan fingerprint density at radius 2 is 1.50 bits per heavy atom. The highest BCUT2D eigenvalue weighted by Crippen LogP contribution is 2.42. The molecule has 3 heterocycles. The molecule has 6 rings (SSSR count). The minimum absolute atomic E-state index is 0.0858. The molecule has 17 heteroatoms. The quantitative estimate of drug-likeness (QED) is 0.0956. The van der Waals surface area contributed by atoms with Crippen molar-refractivity contribution in [1.82, 2.24) is 25.3 Å². The van der Waals surface area contributed by atoms with Crippen molar-refractivity contribution in [2.75, 3.05) is 37.7 Å². The lowest BCUT2D eigenvalue weighted by molar-refractivity contribution is -0.155. The minimum Gasteiger partial charge on any atom is -0.448 e. The summed E-state index contributed by atoms with van der Waals surface area (Å²) in [5.74, 6) is -4.11. The summed E-state index contributed by atoms with van der Waals surface area (Å²) in [6, 6.07) is 20.5. The van der Waals surface area contributed by atoms with E-state index in [0.717, 1.165) is 4.90 Å². The molecule has 0 aliphatic carbocycles. The second kappa shape index (κ2) is 16.1. The fourth-order valence-corrected chi connectivity index (χ4v) is 7.61. The molecule has 3 aromatic rings. The maximum Gasteiger partial charge on any atom is 0.404 e. The molecule has 0 spiro atoms. The highest BCUT2D eigenvalue weighted by atomic mass is 32.2. The van der Waals surface area contributed by atoms with Gasteiger partial charge in [-0.25, -0.2) is 14.4 Å². The first-order valence-electron chi connectivity index (χ1n) is 16.9. The molecule has 3 aliphatic rings. The van der Waals surface area contributed by atoms with Crippen molar-refractivity contribution in [2.24, 2.45) is 5.73 Å². The normalized spacial score (nSPS) is 18.8. The fourth-order valence-electron chi connectivity index (χ4n) is 6.28. The molecule has 3 aliphatic heterocycles. The average Bonchev–Trinajstić information content (AvgIpc) is 3.18.